The van der Waals surface area contributed by atoms with Crippen molar-refractivity contribution in [2.24, 2.45) is 5.10 Å². The van der Waals surface area contributed by atoms with Crippen LogP contribution in [-0.4, -0.2) is 58.0 Å². The number of hydrogen-bond donors (Lipinski definition) is 2. The van der Waals surface area contributed by atoms with Crippen molar-refractivity contribution in [1.29, 1.82) is 0 Å². The van der Waals surface area contributed by atoms with Gasteiger partial charge in [0.25, 0.3) is 0 Å². The van der Waals surface area contributed by atoms with Crippen LogP contribution in [0.15, 0.2) is 58.6 Å². The van der Waals surface area contributed by atoms with Crippen LogP contribution in [0.25, 0.3) is 10.9 Å². The van der Waals surface area contributed by atoms with Gasteiger partial charge in [0, 0.05) is 44.3 Å². The highest BCUT2D eigenvalue weighted by Gasteiger charge is 2.23. The summed E-state index contributed by atoms with van der Waals surface area (Å²) in [6.45, 7) is 4.47. The average molecular weight is 482 g/mol. The second kappa shape index (κ2) is 10.0. The lowest BCUT2D eigenvalue weighted by Gasteiger charge is -2.37. The number of pyridine rings is 1. The maximum atomic E-state index is 15.0. The Labute approximate surface area is 200 Å². The molecule has 34 heavy (non-hydrogen) atoms. The molecule has 3 aromatic rings. The minimum atomic E-state index is -1.33. The van der Waals surface area contributed by atoms with Gasteiger partial charge in [-0.15, -0.1) is 0 Å². The van der Waals surface area contributed by atoms with Crippen molar-refractivity contribution in [2.45, 2.75) is 13.5 Å². The van der Waals surface area contributed by atoms with Crippen molar-refractivity contribution in [3.63, 3.8) is 0 Å². The zero-order valence-electron chi connectivity index (χ0n) is 18.6. The Kier molecular flexibility index (Phi) is 6.87. The third kappa shape index (κ3) is 4.76. The molecule has 2 heterocycles. The van der Waals surface area contributed by atoms with E-state index in [0.717, 1.165) is 11.6 Å². The van der Waals surface area contributed by atoms with Crippen molar-refractivity contribution >= 4 is 46.1 Å². The van der Waals surface area contributed by atoms with E-state index in [-0.39, 0.29) is 10.9 Å². The van der Waals surface area contributed by atoms with E-state index in [1.54, 1.807) is 16.8 Å². The van der Waals surface area contributed by atoms with Crippen LogP contribution in [0, 0.1) is 5.82 Å². The van der Waals surface area contributed by atoms with Gasteiger partial charge in [-0.05, 0) is 36.8 Å². The van der Waals surface area contributed by atoms with Crippen LogP contribution >= 0.6 is 12.2 Å². The molecule has 4 rings (SSSR count). The molecule has 1 saturated heterocycles. The van der Waals surface area contributed by atoms with E-state index >= 15 is 4.39 Å². The zero-order chi connectivity index (χ0) is 24.2. The number of nitrogens with one attached hydrogen (secondary N) is 1. The number of benzene rings is 2. The number of rotatable bonds is 5. The number of piperazine rings is 1. The molecular weight excluding hydrogens is 457 g/mol. The molecule has 2 N–H and O–H groups in total. The summed E-state index contributed by atoms with van der Waals surface area (Å²) in [4.78, 5) is 27.8. The Morgan fingerprint density at radius 2 is 1.91 bits per heavy atom. The number of carboxylic acid groups (broad SMARTS) is 1. The lowest BCUT2D eigenvalue weighted by molar-refractivity contribution is 0.0695. The smallest absolute Gasteiger partial charge is 0.341 e. The molecule has 0 radical (unpaired) electrons. The summed E-state index contributed by atoms with van der Waals surface area (Å²) in [5.41, 5.74) is 3.65. The number of hydrogen-bond acceptors (Lipinski definition) is 5. The highest BCUT2D eigenvalue weighted by Crippen LogP contribution is 2.26. The first-order chi connectivity index (χ1) is 16.4. The minimum absolute atomic E-state index is 0.0586. The van der Waals surface area contributed by atoms with Crippen LogP contribution in [0.5, 0.6) is 0 Å². The summed E-state index contributed by atoms with van der Waals surface area (Å²) in [6, 6.07) is 12.4. The molecule has 0 bridgehead atoms. The van der Waals surface area contributed by atoms with Crippen LogP contribution in [0.2, 0.25) is 0 Å². The van der Waals surface area contributed by atoms with Gasteiger partial charge >= 0.3 is 5.97 Å². The molecule has 0 atom stereocenters. The van der Waals surface area contributed by atoms with E-state index < -0.39 is 17.2 Å². The Balaban J connectivity index is 1.48. The number of aryl methyl sites for hydroxylation is 1. The number of hydrazone groups is 1. The summed E-state index contributed by atoms with van der Waals surface area (Å²) in [6.07, 6.45) is 3.00. The molecule has 0 saturated carbocycles. The molecule has 1 aliphatic rings. The molecule has 0 aliphatic carbocycles. The van der Waals surface area contributed by atoms with E-state index in [2.05, 4.69) is 10.5 Å². The number of carboxylic acids is 1. The van der Waals surface area contributed by atoms with Crippen LogP contribution in [0.1, 0.15) is 22.8 Å². The Morgan fingerprint density at radius 1 is 1.21 bits per heavy atom. The normalized spacial score (nSPS) is 14.1. The molecule has 0 spiro atoms. The van der Waals surface area contributed by atoms with Gasteiger partial charge in [-0.25, -0.2) is 9.18 Å². The van der Waals surface area contributed by atoms with Gasteiger partial charge in [0.2, 0.25) is 5.43 Å². The molecule has 176 valence electrons. The van der Waals surface area contributed by atoms with Gasteiger partial charge < -0.3 is 19.5 Å². The van der Waals surface area contributed by atoms with E-state index in [1.807, 2.05) is 47.1 Å². The number of fused-ring (bicyclic) bond motifs is 1. The fourth-order valence-corrected chi connectivity index (χ4v) is 4.21. The predicted molar refractivity (Wildman–Crippen MR) is 134 cm³/mol. The highest BCUT2D eigenvalue weighted by molar-refractivity contribution is 7.80. The Morgan fingerprint density at radius 3 is 2.56 bits per heavy atom. The number of carbonyl (C=O) groups is 1. The predicted octanol–water partition coefficient (Wildman–Crippen LogP) is 2.89. The average Bonchev–Trinajstić information content (AvgIpc) is 2.85. The number of thiocarbonyl (C=S) groups is 1. The van der Waals surface area contributed by atoms with Crippen LogP contribution in [0.4, 0.5) is 10.1 Å². The first-order valence-corrected chi connectivity index (χ1v) is 11.3. The van der Waals surface area contributed by atoms with E-state index in [1.165, 1.54) is 6.20 Å². The Hall–Kier alpha value is -3.79. The molecule has 1 fully saturated rings. The number of anilines is 1. The zero-order valence-corrected chi connectivity index (χ0v) is 19.4. The molecule has 10 heteroatoms. The molecule has 2 aromatic carbocycles. The minimum Gasteiger partial charge on any atom is -0.477 e. The molecule has 1 aliphatic heterocycles. The van der Waals surface area contributed by atoms with Gasteiger partial charge in [-0.2, -0.15) is 5.10 Å². The summed E-state index contributed by atoms with van der Waals surface area (Å²) in [5, 5.41) is 14.0. The maximum absolute atomic E-state index is 15.0. The van der Waals surface area contributed by atoms with Gasteiger partial charge in [0.1, 0.15) is 11.4 Å². The summed E-state index contributed by atoms with van der Waals surface area (Å²) in [7, 11) is 0. The topological polar surface area (TPSA) is 90.2 Å². The SMILES string of the molecule is CCn1cc(C(=O)O)c(=O)c2cc(F)c(N3CCN(C(=S)N/N=C\c4ccccc4)CC3)cc21. The number of halogens is 1. The summed E-state index contributed by atoms with van der Waals surface area (Å²) in [5.74, 6) is -1.89. The van der Waals surface area contributed by atoms with Gasteiger partial charge in [-0.1, -0.05) is 30.3 Å². The van der Waals surface area contributed by atoms with E-state index in [9.17, 15) is 14.7 Å². The van der Waals surface area contributed by atoms with Crippen LogP contribution in [0.3, 0.4) is 0 Å². The van der Waals surface area contributed by atoms with Gasteiger partial charge in [0.15, 0.2) is 5.11 Å². The van der Waals surface area contributed by atoms with Gasteiger partial charge in [0.05, 0.1) is 17.4 Å². The third-order valence-corrected chi connectivity index (χ3v) is 6.15. The molecule has 1 aromatic heterocycles. The number of nitrogens with zero attached hydrogens (tertiary/aromatic N) is 4. The summed E-state index contributed by atoms with van der Waals surface area (Å²) >= 11 is 5.44. The third-order valence-electron chi connectivity index (χ3n) is 5.80. The number of aromatic carboxylic acids is 1. The second-order valence-electron chi connectivity index (χ2n) is 7.84. The lowest BCUT2D eigenvalue weighted by atomic mass is 10.1. The Bertz CT molecular complexity index is 1320. The largest absolute Gasteiger partial charge is 0.477 e. The van der Waals surface area contributed by atoms with Crippen molar-refractivity contribution in [3.8, 4) is 0 Å². The highest BCUT2D eigenvalue weighted by atomic mass is 32.1. The van der Waals surface area contributed by atoms with Crippen molar-refractivity contribution < 1.29 is 14.3 Å². The quantitative estimate of drug-likeness (QED) is 0.329. The fraction of sp³-hybridized carbons (Fsp3) is 0.250. The second-order valence-corrected chi connectivity index (χ2v) is 8.23. The molecule has 0 unspecified atom stereocenters. The standard InChI is InChI=1S/C24H24FN5O3S/c1-2-28-15-18(23(32)33)22(31)17-12-19(25)21(13-20(17)28)29-8-10-30(11-9-29)24(34)27-26-14-16-6-4-3-5-7-16/h3-7,12-15H,2,8-11H2,1H3,(H,27,34)(H,32,33)/b26-14-. The van der Waals surface area contributed by atoms with Crippen molar-refractivity contribution in [2.75, 3.05) is 31.1 Å². The van der Waals surface area contributed by atoms with Crippen LogP contribution in [-0.2, 0) is 6.54 Å². The molecular formula is C24H24FN5O3S. The summed E-state index contributed by atoms with van der Waals surface area (Å²) < 4.78 is 16.7. The molecule has 0 amide bonds. The number of aromatic nitrogens is 1. The van der Waals surface area contributed by atoms with Gasteiger partial charge in [-0.3, -0.25) is 10.2 Å². The monoisotopic (exact) mass is 481 g/mol. The van der Waals surface area contributed by atoms with Crippen molar-refractivity contribution in [3.05, 3.63) is 75.8 Å². The van der Waals surface area contributed by atoms with Crippen molar-refractivity contribution in [1.82, 2.24) is 14.9 Å². The lowest BCUT2D eigenvalue weighted by Crippen LogP contribution is -2.51. The van der Waals surface area contributed by atoms with E-state index in [0.29, 0.717) is 49.0 Å². The van der Waals surface area contributed by atoms with E-state index in [4.69, 9.17) is 12.2 Å². The fourth-order valence-electron chi connectivity index (χ4n) is 3.98. The maximum Gasteiger partial charge on any atom is 0.341 e. The first-order valence-electron chi connectivity index (χ1n) is 10.9. The first kappa shape index (κ1) is 23.4. The van der Waals surface area contributed by atoms with Crippen LogP contribution < -0.4 is 15.8 Å². The molecule has 8 nitrogen and oxygen atoms in total.